The Labute approximate surface area is 444 Å². The SMILES string of the molecule is c1ccc(-n2c3ccccc3c3cc(-c4cccc5c6c7ccccc7cc7c8nc9c(cc8n(c45)c76)c4cccc5c6c7ccccc7cc(-c7ccc8c(c7)c7ccccc7n8-c7ccccc7)c6n9c45)ccc32)cc1. The summed E-state index contributed by atoms with van der Waals surface area (Å²) in [4.78, 5) is 6.01. The van der Waals surface area contributed by atoms with Crippen LogP contribution in [0.15, 0.2) is 249 Å². The van der Waals surface area contributed by atoms with Crippen molar-refractivity contribution in [3.05, 3.63) is 249 Å². The molecular formula is C73H41N5. The Kier molecular flexibility index (Phi) is 7.68. The molecule has 0 radical (unpaired) electrons. The highest BCUT2D eigenvalue weighted by Crippen LogP contribution is 2.50. The molecule has 0 spiro atoms. The lowest BCUT2D eigenvalue weighted by Crippen LogP contribution is -1.93. The Balaban J connectivity index is 0.925. The first-order valence-electron chi connectivity index (χ1n) is 27.0. The Morgan fingerprint density at radius 1 is 0.256 bits per heavy atom. The van der Waals surface area contributed by atoms with Crippen LogP contribution < -0.4 is 0 Å². The minimum Gasteiger partial charge on any atom is -0.309 e. The maximum Gasteiger partial charge on any atom is 0.146 e. The summed E-state index contributed by atoms with van der Waals surface area (Å²) in [6.45, 7) is 0. The topological polar surface area (TPSA) is 31.6 Å². The molecule has 19 rings (SSSR count). The molecule has 7 aromatic heterocycles. The van der Waals surface area contributed by atoms with Crippen LogP contribution in [-0.4, -0.2) is 22.9 Å². The fraction of sp³-hybridized carbons (Fsp3) is 0. The van der Waals surface area contributed by atoms with Crippen LogP contribution >= 0.6 is 0 Å². The van der Waals surface area contributed by atoms with Gasteiger partial charge in [-0.2, -0.15) is 0 Å². The predicted molar refractivity (Wildman–Crippen MR) is 328 cm³/mol. The largest absolute Gasteiger partial charge is 0.309 e. The molecule has 0 fully saturated rings. The molecule has 0 saturated heterocycles. The van der Waals surface area contributed by atoms with Crippen molar-refractivity contribution >= 4 is 142 Å². The van der Waals surface area contributed by atoms with E-state index in [9.17, 15) is 0 Å². The second-order valence-corrected chi connectivity index (χ2v) is 21.4. The average molecular weight is 988 g/mol. The molecule has 7 heterocycles. The van der Waals surface area contributed by atoms with Crippen molar-refractivity contribution in [2.45, 2.75) is 0 Å². The first-order chi connectivity index (χ1) is 38.7. The summed E-state index contributed by atoms with van der Waals surface area (Å²) in [5.41, 5.74) is 19.8. The van der Waals surface area contributed by atoms with Gasteiger partial charge in [-0.25, -0.2) is 4.98 Å². The summed E-state index contributed by atoms with van der Waals surface area (Å²) >= 11 is 0. The van der Waals surface area contributed by atoms with Gasteiger partial charge in [-0.15, -0.1) is 0 Å². The molecule has 0 aliphatic carbocycles. The van der Waals surface area contributed by atoms with Gasteiger partial charge in [-0.1, -0.05) is 170 Å². The van der Waals surface area contributed by atoms with Gasteiger partial charge in [0.05, 0.1) is 55.2 Å². The lowest BCUT2D eigenvalue weighted by molar-refractivity contribution is 1.18. The highest BCUT2D eigenvalue weighted by atomic mass is 15.0. The monoisotopic (exact) mass is 987 g/mol. The molecule has 5 heteroatoms. The summed E-state index contributed by atoms with van der Waals surface area (Å²) < 4.78 is 9.88. The molecule has 0 unspecified atom stereocenters. The first-order valence-corrected chi connectivity index (χ1v) is 27.0. The normalized spacial score (nSPS) is 12.6. The van der Waals surface area contributed by atoms with E-state index in [1.54, 1.807) is 0 Å². The summed E-state index contributed by atoms with van der Waals surface area (Å²) in [6.07, 6.45) is 0. The van der Waals surface area contributed by atoms with Crippen LogP contribution in [0.4, 0.5) is 0 Å². The van der Waals surface area contributed by atoms with Crippen molar-refractivity contribution in [3.63, 3.8) is 0 Å². The van der Waals surface area contributed by atoms with Crippen LogP contribution in [0.25, 0.3) is 175 Å². The van der Waals surface area contributed by atoms with Crippen LogP contribution in [0, 0.1) is 0 Å². The van der Waals surface area contributed by atoms with Crippen molar-refractivity contribution in [1.82, 2.24) is 22.9 Å². The number of nitrogens with zero attached hydrogens (tertiary/aromatic N) is 5. The number of fused-ring (bicyclic) bond motifs is 22. The van der Waals surface area contributed by atoms with Gasteiger partial charge in [0.15, 0.2) is 0 Å². The molecule has 12 aromatic carbocycles. The van der Waals surface area contributed by atoms with E-state index in [0.717, 1.165) is 33.4 Å². The van der Waals surface area contributed by atoms with E-state index in [1.165, 1.54) is 142 Å². The van der Waals surface area contributed by atoms with Gasteiger partial charge in [-0.3, -0.25) is 4.40 Å². The van der Waals surface area contributed by atoms with E-state index in [2.05, 4.69) is 267 Å². The van der Waals surface area contributed by atoms with Gasteiger partial charge in [0, 0.05) is 81.8 Å². The highest BCUT2D eigenvalue weighted by molar-refractivity contribution is 6.35. The summed E-state index contributed by atoms with van der Waals surface area (Å²) in [5, 5.41) is 18.4. The van der Waals surface area contributed by atoms with Crippen LogP contribution in [0.2, 0.25) is 0 Å². The molecule has 78 heavy (non-hydrogen) atoms. The predicted octanol–water partition coefficient (Wildman–Crippen LogP) is 19.2. The molecule has 0 aliphatic rings. The molecule has 0 N–H and O–H groups in total. The summed E-state index contributed by atoms with van der Waals surface area (Å²) in [6, 6.07) is 92.2. The summed E-state index contributed by atoms with van der Waals surface area (Å²) in [5.74, 6) is 0. The number of rotatable bonds is 4. The average Bonchev–Trinajstić information content (AvgIpc) is 4.29. The second kappa shape index (κ2) is 14.7. The lowest BCUT2D eigenvalue weighted by Gasteiger charge is -2.11. The van der Waals surface area contributed by atoms with Crippen LogP contribution in [-0.2, 0) is 0 Å². The van der Waals surface area contributed by atoms with Gasteiger partial charge in [0.2, 0.25) is 0 Å². The van der Waals surface area contributed by atoms with Crippen LogP contribution in [0.1, 0.15) is 0 Å². The Hall–Kier alpha value is -10.5. The van der Waals surface area contributed by atoms with E-state index >= 15 is 0 Å². The van der Waals surface area contributed by atoms with Crippen molar-refractivity contribution < 1.29 is 0 Å². The van der Waals surface area contributed by atoms with E-state index in [1.807, 2.05) is 0 Å². The number of hydrogen-bond donors (Lipinski definition) is 0. The van der Waals surface area contributed by atoms with Gasteiger partial charge in [0.25, 0.3) is 0 Å². The van der Waals surface area contributed by atoms with Crippen molar-refractivity contribution in [2.75, 3.05) is 0 Å². The maximum absolute atomic E-state index is 6.01. The number of aromatic nitrogens is 5. The molecule has 0 atom stereocenters. The molecule has 0 aliphatic heterocycles. The quantitative estimate of drug-likeness (QED) is 0.173. The molecule has 358 valence electrons. The zero-order valence-electron chi connectivity index (χ0n) is 41.9. The number of pyridine rings is 1. The van der Waals surface area contributed by atoms with Gasteiger partial charge in [0.1, 0.15) is 5.65 Å². The third-order valence-electron chi connectivity index (χ3n) is 17.5. The third-order valence-corrected chi connectivity index (χ3v) is 17.5. The third kappa shape index (κ3) is 5.09. The smallest absolute Gasteiger partial charge is 0.146 e. The van der Waals surface area contributed by atoms with E-state index in [4.69, 9.17) is 4.98 Å². The lowest BCUT2D eigenvalue weighted by atomic mass is 9.95. The van der Waals surface area contributed by atoms with Crippen molar-refractivity contribution in [1.29, 1.82) is 0 Å². The Morgan fingerprint density at radius 3 is 1.41 bits per heavy atom. The summed E-state index contributed by atoms with van der Waals surface area (Å²) in [7, 11) is 0. The van der Waals surface area contributed by atoms with E-state index in [-0.39, 0.29) is 0 Å². The molecule has 0 saturated carbocycles. The second-order valence-electron chi connectivity index (χ2n) is 21.4. The standard InChI is InChI=1S/C73H41N5/c1-3-19-46(20-4-1)75-61-31-13-11-25-51(61)57-38-44(33-35-63(57)75)50-27-15-29-54-67-49-24-10-8-18-43(49)40-60-68-65(77(69(50)54)72(60)67)41-59-53-28-16-30-55-66-48-23-9-7-17-42(48)37-56(71(66)78(70(53)55)73(59)74-68)45-34-36-64-58(39-45)52-26-12-14-32-62(52)76(64)47-21-5-2-6-22-47/h1-41H. The number of benzene rings is 12. The molecule has 5 nitrogen and oxygen atoms in total. The van der Waals surface area contributed by atoms with E-state index in [0.29, 0.717) is 0 Å². The zero-order valence-corrected chi connectivity index (χ0v) is 41.9. The fourth-order valence-electron chi connectivity index (χ4n) is 14.4. The molecule has 0 bridgehead atoms. The van der Waals surface area contributed by atoms with Crippen LogP contribution in [0.5, 0.6) is 0 Å². The zero-order chi connectivity index (χ0) is 50.5. The van der Waals surface area contributed by atoms with Gasteiger partial charge >= 0.3 is 0 Å². The molecule has 19 aromatic rings. The van der Waals surface area contributed by atoms with Crippen molar-refractivity contribution in [2.24, 2.45) is 0 Å². The molecular weight excluding hydrogens is 947 g/mol. The number of para-hydroxylation sites is 6. The minimum atomic E-state index is 0.977. The van der Waals surface area contributed by atoms with Gasteiger partial charge in [-0.05, 0) is 112 Å². The van der Waals surface area contributed by atoms with Gasteiger partial charge < -0.3 is 13.5 Å². The Morgan fingerprint density at radius 2 is 0.756 bits per heavy atom. The minimum absolute atomic E-state index is 0.977. The molecule has 0 amide bonds. The first kappa shape index (κ1) is 40.8. The fourth-order valence-corrected chi connectivity index (χ4v) is 14.4. The maximum atomic E-state index is 6.01. The van der Waals surface area contributed by atoms with Crippen LogP contribution in [0.3, 0.4) is 0 Å². The van der Waals surface area contributed by atoms with E-state index < -0.39 is 0 Å². The number of hydrogen-bond acceptors (Lipinski definition) is 1. The van der Waals surface area contributed by atoms with Crippen molar-refractivity contribution in [3.8, 4) is 33.6 Å². The highest BCUT2D eigenvalue weighted by Gasteiger charge is 2.28. The Bertz CT molecular complexity index is 5790.